The van der Waals surface area contributed by atoms with Crippen LogP contribution in [0.1, 0.15) is 11.4 Å². The molecule has 5 heteroatoms. The van der Waals surface area contributed by atoms with Gasteiger partial charge in [-0.3, -0.25) is 14.0 Å². The Morgan fingerprint density at radius 2 is 1.89 bits per heavy atom. The number of benzene rings is 1. The summed E-state index contributed by atoms with van der Waals surface area (Å²) in [4.78, 5) is 17.1. The minimum Gasteiger partial charge on any atom is -0.268 e. The Labute approximate surface area is 110 Å². The average molecular weight is 254 g/mol. The molecule has 0 fully saturated rings. The predicted octanol–water partition coefficient (Wildman–Crippen LogP) is 1.74. The summed E-state index contributed by atoms with van der Waals surface area (Å²) in [5, 5.41) is 4.63. The summed E-state index contributed by atoms with van der Waals surface area (Å²) < 4.78 is 3.26. The lowest BCUT2D eigenvalue weighted by Gasteiger charge is -2.11. The fraction of sp³-hybridized carbons (Fsp3) is 0.214. The van der Waals surface area contributed by atoms with Crippen molar-refractivity contribution < 1.29 is 0 Å². The smallest absolute Gasteiger partial charge is 0.268 e. The van der Waals surface area contributed by atoms with Crippen LogP contribution in [0.4, 0.5) is 0 Å². The summed E-state index contributed by atoms with van der Waals surface area (Å²) in [5.41, 5.74) is 2.44. The normalized spacial score (nSPS) is 11.1. The highest BCUT2D eigenvalue weighted by Gasteiger charge is 2.13. The van der Waals surface area contributed by atoms with E-state index in [2.05, 4.69) is 10.1 Å². The lowest BCUT2D eigenvalue weighted by Crippen LogP contribution is -2.22. The number of rotatable bonds is 1. The van der Waals surface area contributed by atoms with Gasteiger partial charge in [-0.15, -0.1) is 0 Å². The van der Waals surface area contributed by atoms with E-state index in [1.807, 2.05) is 38.1 Å². The van der Waals surface area contributed by atoms with Crippen molar-refractivity contribution in [3.8, 4) is 5.69 Å². The molecule has 3 rings (SSSR count). The topological polar surface area (TPSA) is 52.7 Å². The number of hydrogen-bond acceptors (Lipinski definition) is 3. The highest BCUT2D eigenvalue weighted by atomic mass is 16.1. The molecule has 0 aliphatic rings. The first-order chi connectivity index (χ1) is 9.09. The molecule has 19 heavy (non-hydrogen) atoms. The van der Waals surface area contributed by atoms with Gasteiger partial charge in [-0.2, -0.15) is 5.10 Å². The van der Waals surface area contributed by atoms with Crippen LogP contribution < -0.4 is 5.56 Å². The van der Waals surface area contributed by atoms with Gasteiger partial charge in [0, 0.05) is 7.05 Å². The van der Waals surface area contributed by atoms with E-state index in [-0.39, 0.29) is 5.56 Å². The summed E-state index contributed by atoms with van der Waals surface area (Å²) in [6, 6.07) is 7.78. The van der Waals surface area contributed by atoms with Crippen LogP contribution in [-0.2, 0) is 7.05 Å². The van der Waals surface area contributed by atoms with Crippen LogP contribution in [0.25, 0.3) is 16.7 Å². The minimum atomic E-state index is -0.0788. The van der Waals surface area contributed by atoms with Gasteiger partial charge in [0.25, 0.3) is 5.56 Å². The second-order valence-electron chi connectivity index (χ2n) is 4.59. The molecule has 1 aromatic carbocycles. The molecule has 0 aliphatic carbocycles. The van der Waals surface area contributed by atoms with E-state index in [1.54, 1.807) is 22.5 Å². The van der Waals surface area contributed by atoms with E-state index in [4.69, 9.17) is 0 Å². The van der Waals surface area contributed by atoms with Gasteiger partial charge in [-0.05, 0) is 25.5 Å². The maximum absolute atomic E-state index is 12.6. The van der Waals surface area contributed by atoms with Crippen molar-refractivity contribution in [3.05, 3.63) is 52.2 Å². The Bertz CT molecular complexity index is 829. The highest BCUT2D eigenvalue weighted by molar-refractivity contribution is 5.73. The second-order valence-corrected chi connectivity index (χ2v) is 4.59. The quantitative estimate of drug-likeness (QED) is 0.664. The molecule has 0 saturated heterocycles. The van der Waals surface area contributed by atoms with Gasteiger partial charge in [0.2, 0.25) is 0 Å². The van der Waals surface area contributed by atoms with Gasteiger partial charge >= 0.3 is 0 Å². The van der Waals surface area contributed by atoms with Crippen LogP contribution in [0.2, 0.25) is 0 Å². The van der Waals surface area contributed by atoms with E-state index >= 15 is 0 Å². The molecule has 2 heterocycles. The Hall–Kier alpha value is -2.43. The van der Waals surface area contributed by atoms with Crippen LogP contribution in [0.3, 0.4) is 0 Å². The maximum Gasteiger partial charge on any atom is 0.269 e. The maximum atomic E-state index is 12.6. The standard InChI is InChI=1S/C14H14N4O/c1-9-6-4-5-7-12(9)18-10(2)16-13-11(14(18)19)8-15-17(13)3/h4-8H,1-3H3. The Balaban J connectivity index is 2.43. The molecular weight excluding hydrogens is 240 g/mol. The van der Waals surface area contributed by atoms with E-state index in [1.165, 1.54) is 0 Å². The minimum absolute atomic E-state index is 0.0788. The van der Waals surface area contributed by atoms with Gasteiger partial charge < -0.3 is 0 Å². The van der Waals surface area contributed by atoms with Crippen LogP contribution in [0.5, 0.6) is 0 Å². The van der Waals surface area contributed by atoms with Crippen molar-refractivity contribution in [2.24, 2.45) is 7.05 Å². The molecular formula is C14H14N4O. The third kappa shape index (κ3) is 1.66. The fourth-order valence-electron chi connectivity index (χ4n) is 2.28. The van der Waals surface area contributed by atoms with Crippen molar-refractivity contribution in [2.45, 2.75) is 13.8 Å². The number of hydrogen-bond donors (Lipinski definition) is 0. The first kappa shape index (κ1) is 11.6. The predicted molar refractivity (Wildman–Crippen MR) is 73.6 cm³/mol. The zero-order valence-electron chi connectivity index (χ0n) is 11.1. The monoisotopic (exact) mass is 254 g/mol. The Kier molecular flexibility index (Phi) is 2.48. The van der Waals surface area contributed by atoms with Crippen molar-refractivity contribution in [2.75, 3.05) is 0 Å². The van der Waals surface area contributed by atoms with E-state index in [0.29, 0.717) is 16.9 Å². The fourth-order valence-corrected chi connectivity index (χ4v) is 2.28. The number of para-hydroxylation sites is 1. The molecule has 2 aromatic heterocycles. The van der Waals surface area contributed by atoms with Crippen molar-refractivity contribution in [3.63, 3.8) is 0 Å². The number of fused-ring (bicyclic) bond motifs is 1. The summed E-state index contributed by atoms with van der Waals surface area (Å²) in [7, 11) is 1.78. The molecule has 0 N–H and O–H groups in total. The molecule has 0 aliphatic heterocycles. The average Bonchev–Trinajstić information content (AvgIpc) is 2.74. The summed E-state index contributed by atoms with van der Waals surface area (Å²) in [5.74, 6) is 0.662. The summed E-state index contributed by atoms with van der Waals surface area (Å²) in [6.45, 7) is 3.81. The lowest BCUT2D eigenvalue weighted by atomic mass is 10.2. The molecule has 0 unspecified atom stereocenters. The Morgan fingerprint density at radius 3 is 2.63 bits per heavy atom. The molecule has 0 saturated carbocycles. The zero-order valence-corrected chi connectivity index (χ0v) is 11.1. The summed E-state index contributed by atoms with van der Waals surface area (Å²) in [6.07, 6.45) is 1.57. The third-order valence-electron chi connectivity index (χ3n) is 3.29. The van der Waals surface area contributed by atoms with Crippen molar-refractivity contribution >= 4 is 11.0 Å². The molecule has 0 radical (unpaired) electrons. The van der Waals surface area contributed by atoms with Crippen LogP contribution in [0, 0.1) is 13.8 Å². The van der Waals surface area contributed by atoms with Gasteiger partial charge in [-0.25, -0.2) is 4.98 Å². The first-order valence-electron chi connectivity index (χ1n) is 6.07. The number of nitrogens with zero attached hydrogens (tertiary/aromatic N) is 4. The molecule has 0 atom stereocenters. The Morgan fingerprint density at radius 1 is 1.16 bits per heavy atom. The first-order valence-corrected chi connectivity index (χ1v) is 6.07. The van der Waals surface area contributed by atoms with Gasteiger partial charge in [-0.1, -0.05) is 18.2 Å². The highest BCUT2D eigenvalue weighted by Crippen LogP contribution is 2.15. The van der Waals surface area contributed by atoms with E-state index < -0.39 is 0 Å². The SMILES string of the molecule is Cc1ccccc1-n1c(C)nc2c(cnn2C)c1=O. The number of aromatic nitrogens is 4. The van der Waals surface area contributed by atoms with Crippen LogP contribution in [-0.4, -0.2) is 19.3 Å². The zero-order chi connectivity index (χ0) is 13.6. The van der Waals surface area contributed by atoms with Gasteiger partial charge in [0.15, 0.2) is 5.65 Å². The molecule has 3 aromatic rings. The van der Waals surface area contributed by atoms with E-state index in [0.717, 1.165) is 11.3 Å². The number of aryl methyl sites for hydroxylation is 3. The molecule has 96 valence electrons. The van der Waals surface area contributed by atoms with Crippen LogP contribution in [0.15, 0.2) is 35.3 Å². The second kappa shape index (κ2) is 4.05. The molecule has 0 spiro atoms. The largest absolute Gasteiger partial charge is 0.269 e. The molecule has 0 amide bonds. The van der Waals surface area contributed by atoms with Crippen molar-refractivity contribution in [1.82, 2.24) is 19.3 Å². The molecule has 0 bridgehead atoms. The van der Waals surface area contributed by atoms with Crippen molar-refractivity contribution in [1.29, 1.82) is 0 Å². The molecule has 5 nitrogen and oxygen atoms in total. The van der Waals surface area contributed by atoms with Gasteiger partial charge in [0.05, 0.1) is 11.9 Å². The van der Waals surface area contributed by atoms with E-state index in [9.17, 15) is 4.79 Å². The van der Waals surface area contributed by atoms with Crippen LogP contribution >= 0.6 is 0 Å². The third-order valence-corrected chi connectivity index (χ3v) is 3.29. The van der Waals surface area contributed by atoms with Gasteiger partial charge in [0.1, 0.15) is 11.2 Å². The summed E-state index contributed by atoms with van der Waals surface area (Å²) >= 11 is 0. The lowest BCUT2D eigenvalue weighted by molar-refractivity contribution is 0.776.